The SMILES string of the molecule is COc1ncc(-c2ccn3ncc(N=[N+]=[N-])c3n2)cc1NS(=O)(=O)c1ccc(F)cc1F. The number of hydrogen-bond acceptors (Lipinski definition) is 7. The highest BCUT2D eigenvalue weighted by atomic mass is 32.2. The van der Waals surface area contributed by atoms with Crippen LogP contribution >= 0.6 is 0 Å². The van der Waals surface area contributed by atoms with Crippen molar-refractivity contribution in [3.05, 3.63) is 71.0 Å². The van der Waals surface area contributed by atoms with E-state index >= 15 is 0 Å². The summed E-state index contributed by atoms with van der Waals surface area (Å²) in [6, 6.07) is 5.07. The number of nitrogens with zero attached hydrogens (tertiary/aromatic N) is 7. The molecule has 1 aromatic carbocycles. The topological polar surface area (TPSA) is 147 Å². The minimum absolute atomic E-state index is 0.0833. The number of pyridine rings is 1. The summed E-state index contributed by atoms with van der Waals surface area (Å²) in [7, 11) is -3.15. The second-order valence-electron chi connectivity index (χ2n) is 6.26. The maximum absolute atomic E-state index is 14.0. The smallest absolute Gasteiger partial charge is 0.264 e. The van der Waals surface area contributed by atoms with E-state index in [1.807, 2.05) is 0 Å². The molecule has 32 heavy (non-hydrogen) atoms. The predicted octanol–water partition coefficient (Wildman–Crippen LogP) is 3.82. The monoisotopic (exact) mass is 458 g/mol. The number of fused-ring (bicyclic) bond motifs is 1. The molecule has 162 valence electrons. The van der Waals surface area contributed by atoms with Gasteiger partial charge < -0.3 is 4.74 Å². The fourth-order valence-electron chi connectivity index (χ4n) is 2.86. The average Bonchev–Trinajstić information content (AvgIpc) is 3.15. The number of azide groups is 1. The summed E-state index contributed by atoms with van der Waals surface area (Å²) in [5, 5.41) is 7.53. The number of sulfonamides is 1. The zero-order chi connectivity index (χ0) is 22.9. The van der Waals surface area contributed by atoms with Gasteiger partial charge in [0.1, 0.15) is 27.9 Å². The summed E-state index contributed by atoms with van der Waals surface area (Å²) >= 11 is 0. The molecular weight excluding hydrogens is 446 g/mol. The van der Waals surface area contributed by atoms with Gasteiger partial charge in [0.15, 0.2) is 5.65 Å². The lowest BCUT2D eigenvalue weighted by Gasteiger charge is -2.13. The molecule has 0 saturated carbocycles. The van der Waals surface area contributed by atoms with Crippen molar-refractivity contribution in [2.75, 3.05) is 11.8 Å². The molecular formula is C18H12F2N8O3S. The van der Waals surface area contributed by atoms with Gasteiger partial charge in [0.2, 0.25) is 5.88 Å². The molecule has 4 aromatic rings. The fraction of sp³-hybridized carbons (Fsp3) is 0.0556. The Morgan fingerprint density at radius 1 is 1.22 bits per heavy atom. The second-order valence-corrected chi connectivity index (χ2v) is 7.91. The van der Waals surface area contributed by atoms with Crippen molar-refractivity contribution >= 4 is 27.0 Å². The van der Waals surface area contributed by atoms with Crippen molar-refractivity contribution < 1.29 is 21.9 Å². The van der Waals surface area contributed by atoms with E-state index in [9.17, 15) is 17.2 Å². The molecule has 1 N–H and O–H groups in total. The third kappa shape index (κ3) is 3.87. The molecule has 3 aromatic heterocycles. The van der Waals surface area contributed by atoms with Crippen molar-refractivity contribution in [2.45, 2.75) is 4.90 Å². The quantitative estimate of drug-likeness (QED) is 0.264. The van der Waals surface area contributed by atoms with Crippen LogP contribution < -0.4 is 9.46 Å². The van der Waals surface area contributed by atoms with Crippen LogP contribution in [-0.2, 0) is 10.0 Å². The largest absolute Gasteiger partial charge is 0.480 e. The lowest BCUT2D eigenvalue weighted by Crippen LogP contribution is -2.16. The Kier molecular flexibility index (Phi) is 5.30. The fourth-order valence-corrected chi connectivity index (χ4v) is 3.97. The molecule has 0 aliphatic heterocycles. The van der Waals surface area contributed by atoms with Gasteiger partial charge in [-0.1, -0.05) is 5.11 Å². The molecule has 0 saturated heterocycles. The molecule has 0 radical (unpaired) electrons. The first-order valence-electron chi connectivity index (χ1n) is 8.74. The maximum atomic E-state index is 14.0. The highest BCUT2D eigenvalue weighted by Crippen LogP contribution is 2.31. The number of benzene rings is 1. The molecule has 0 bridgehead atoms. The summed E-state index contributed by atoms with van der Waals surface area (Å²) in [5.41, 5.74) is 9.77. The lowest BCUT2D eigenvalue weighted by atomic mass is 10.2. The number of methoxy groups -OCH3 is 1. The first-order valence-corrected chi connectivity index (χ1v) is 10.2. The minimum atomic E-state index is -4.43. The molecule has 0 aliphatic carbocycles. The van der Waals surface area contributed by atoms with E-state index in [0.29, 0.717) is 17.3 Å². The summed E-state index contributed by atoms with van der Waals surface area (Å²) in [6.45, 7) is 0. The molecule has 3 heterocycles. The van der Waals surface area contributed by atoms with Crippen molar-refractivity contribution in [1.82, 2.24) is 19.6 Å². The van der Waals surface area contributed by atoms with Crippen LogP contribution in [0.4, 0.5) is 20.2 Å². The van der Waals surface area contributed by atoms with Gasteiger partial charge >= 0.3 is 0 Å². The van der Waals surface area contributed by atoms with Crippen molar-refractivity contribution in [3.8, 4) is 17.1 Å². The molecule has 0 unspecified atom stereocenters. The number of ether oxygens (including phenoxy) is 1. The predicted molar refractivity (Wildman–Crippen MR) is 109 cm³/mol. The van der Waals surface area contributed by atoms with Gasteiger partial charge in [0.05, 0.1) is 19.0 Å². The number of halogens is 2. The number of hydrogen-bond donors (Lipinski definition) is 1. The lowest BCUT2D eigenvalue weighted by molar-refractivity contribution is 0.400. The van der Waals surface area contributed by atoms with Gasteiger partial charge in [0, 0.05) is 28.9 Å². The summed E-state index contributed by atoms with van der Waals surface area (Å²) < 4.78 is 61.2. The minimum Gasteiger partial charge on any atom is -0.480 e. The van der Waals surface area contributed by atoms with E-state index in [1.54, 1.807) is 12.3 Å². The van der Waals surface area contributed by atoms with Gasteiger partial charge in [-0.3, -0.25) is 4.72 Å². The van der Waals surface area contributed by atoms with E-state index < -0.39 is 26.6 Å². The second kappa shape index (κ2) is 8.09. The molecule has 0 aliphatic rings. The highest BCUT2D eigenvalue weighted by molar-refractivity contribution is 7.92. The van der Waals surface area contributed by atoms with Gasteiger partial charge in [-0.15, -0.1) is 0 Å². The Balaban J connectivity index is 1.77. The maximum Gasteiger partial charge on any atom is 0.264 e. The normalized spacial score (nSPS) is 11.2. The molecule has 0 atom stereocenters. The zero-order valence-electron chi connectivity index (χ0n) is 16.1. The van der Waals surface area contributed by atoms with E-state index in [4.69, 9.17) is 10.3 Å². The number of anilines is 1. The van der Waals surface area contributed by atoms with Crippen LogP contribution in [0.2, 0.25) is 0 Å². The molecule has 0 spiro atoms. The van der Waals surface area contributed by atoms with Crippen molar-refractivity contribution in [3.63, 3.8) is 0 Å². The van der Waals surface area contributed by atoms with Crippen LogP contribution in [-0.4, -0.2) is 35.1 Å². The van der Waals surface area contributed by atoms with Crippen LogP contribution in [0, 0.1) is 11.6 Å². The molecule has 11 nitrogen and oxygen atoms in total. The van der Waals surface area contributed by atoms with Crippen LogP contribution in [0.25, 0.3) is 27.3 Å². The first kappa shape index (κ1) is 21.0. The average molecular weight is 458 g/mol. The number of rotatable bonds is 6. The Morgan fingerprint density at radius 2 is 2.03 bits per heavy atom. The zero-order valence-corrected chi connectivity index (χ0v) is 17.0. The molecule has 14 heteroatoms. The molecule has 0 amide bonds. The molecule has 4 rings (SSSR count). The third-order valence-corrected chi connectivity index (χ3v) is 5.67. The van der Waals surface area contributed by atoms with Crippen molar-refractivity contribution in [2.24, 2.45) is 5.11 Å². The van der Waals surface area contributed by atoms with E-state index in [1.165, 1.54) is 30.1 Å². The van der Waals surface area contributed by atoms with Crippen LogP contribution in [0.15, 0.2) is 58.9 Å². The van der Waals surface area contributed by atoms with Crippen molar-refractivity contribution in [1.29, 1.82) is 0 Å². The number of nitrogens with one attached hydrogen (secondary N) is 1. The molecule has 0 fully saturated rings. The first-order chi connectivity index (χ1) is 15.3. The van der Waals surface area contributed by atoms with Crippen LogP contribution in [0.3, 0.4) is 0 Å². The summed E-state index contributed by atoms with van der Waals surface area (Å²) in [4.78, 5) is 10.4. The van der Waals surface area contributed by atoms with Gasteiger partial charge in [-0.2, -0.15) is 5.10 Å². The highest BCUT2D eigenvalue weighted by Gasteiger charge is 2.22. The van der Waals surface area contributed by atoms with E-state index in [0.717, 1.165) is 12.1 Å². The Labute approximate surface area is 179 Å². The van der Waals surface area contributed by atoms with E-state index in [2.05, 4.69) is 29.8 Å². The van der Waals surface area contributed by atoms with Gasteiger partial charge in [-0.25, -0.2) is 31.7 Å². The summed E-state index contributed by atoms with van der Waals surface area (Å²) in [5.74, 6) is -2.25. The number of aromatic nitrogens is 4. The van der Waals surface area contributed by atoms with Crippen LogP contribution in [0.1, 0.15) is 0 Å². The van der Waals surface area contributed by atoms with Gasteiger partial charge in [-0.05, 0) is 29.8 Å². The Morgan fingerprint density at radius 3 is 2.75 bits per heavy atom. The Bertz CT molecular complexity index is 1500. The van der Waals surface area contributed by atoms with E-state index in [-0.39, 0.29) is 22.9 Å². The standard InChI is InChI=1S/C18H12F2N8O3S/c1-31-18-14(26-32(29,30)16-3-2-11(19)7-12(16)20)6-10(8-22-18)13-4-5-28-17(24-13)15(9-23-28)25-27-21/h2-9,26H,1H3. The Hall–Kier alpha value is -4.29. The summed E-state index contributed by atoms with van der Waals surface area (Å²) in [6.07, 6.45) is 4.29. The van der Waals surface area contributed by atoms with Gasteiger partial charge in [0.25, 0.3) is 10.0 Å². The van der Waals surface area contributed by atoms with Crippen LogP contribution in [0.5, 0.6) is 5.88 Å². The third-order valence-electron chi connectivity index (χ3n) is 4.27.